The molecular formula is C16H14ClN3O5. The number of ether oxygens (including phenoxy) is 1. The number of aromatic hydroxyl groups is 1. The van der Waals surface area contributed by atoms with Gasteiger partial charge in [-0.05, 0) is 37.3 Å². The first-order valence-electron chi connectivity index (χ1n) is 7.15. The van der Waals surface area contributed by atoms with Crippen LogP contribution < -0.4 is 10.2 Å². The van der Waals surface area contributed by atoms with Gasteiger partial charge in [0.25, 0.3) is 5.91 Å². The van der Waals surface area contributed by atoms with Crippen LogP contribution in [0.2, 0.25) is 5.02 Å². The molecule has 25 heavy (non-hydrogen) atoms. The van der Waals surface area contributed by atoms with Crippen molar-refractivity contribution in [2.45, 2.75) is 6.92 Å². The van der Waals surface area contributed by atoms with Crippen molar-refractivity contribution in [2.75, 3.05) is 6.61 Å². The minimum absolute atomic E-state index is 0.0397. The molecule has 9 heteroatoms. The van der Waals surface area contributed by atoms with Crippen LogP contribution in [0.25, 0.3) is 0 Å². The quantitative estimate of drug-likeness (QED) is 0.465. The Hall–Kier alpha value is -3.13. The lowest BCUT2D eigenvalue weighted by Gasteiger charge is -2.07. The molecule has 0 aliphatic carbocycles. The van der Waals surface area contributed by atoms with Gasteiger partial charge in [-0.1, -0.05) is 11.6 Å². The summed E-state index contributed by atoms with van der Waals surface area (Å²) >= 11 is 5.75. The molecule has 2 N–H and O–H groups in total. The molecule has 0 unspecified atom stereocenters. The summed E-state index contributed by atoms with van der Waals surface area (Å²) in [6.45, 7) is 1.90. The fourth-order valence-electron chi connectivity index (χ4n) is 1.92. The largest absolute Gasteiger partial charge is 0.500 e. The smallest absolute Gasteiger partial charge is 0.315 e. The van der Waals surface area contributed by atoms with E-state index in [-0.39, 0.29) is 17.9 Å². The van der Waals surface area contributed by atoms with Crippen LogP contribution in [0.4, 0.5) is 5.69 Å². The molecule has 1 amide bonds. The van der Waals surface area contributed by atoms with Crippen LogP contribution in [0, 0.1) is 10.1 Å². The number of nitrogens with one attached hydrogen (secondary N) is 1. The monoisotopic (exact) mass is 363 g/mol. The van der Waals surface area contributed by atoms with Gasteiger partial charge in [0, 0.05) is 22.2 Å². The summed E-state index contributed by atoms with van der Waals surface area (Å²) in [5.41, 5.74) is 2.42. The second-order valence-corrected chi connectivity index (χ2v) is 5.22. The maximum absolute atomic E-state index is 11.9. The number of rotatable bonds is 6. The lowest BCUT2D eigenvalue weighted by Crippen LogP contribution is -2.17. The van der Waals surface area contributed by atoms with E-state index in [1.165, 1.54) is 24.4 Å². The Morgan fingerprint density at radius 3 is 2.68 bits per heavy atom. The molecule has 2 aromatic carbocycles. The van der Waals surface area contributed by atoms with Crippen LogP contribution in [0.1, 0.15) is 22.8 Å². The van der Waals surface area contributed by atoms with Gasteiger partial charge in [-0.25, -0.2) is 5.43 Å². The normalized spacial score (nSPS) is 10.6. The first kappa shape index (κ1) is 18.2. The molecule has 0 fully saturated rings. The maximum atomic E-state index is 11.9. The standard InChI is InChI=1S/C16H14ClN3O5/c1-2-25-14-8-10(7-13(15(14)21)20(23)24)9-18-19-16(22)11-3-5-12(17)6-4-11/h3-9,21H,2H2,1H3,(H,19,22)/b18-9-. The van der Waals surface area contributed by atoms with Crippen molar-refractivity contribution in [3.05, 3.63) is 62.7 Å². The molecule has 0 heterocycles. The van der Waals surface area contributed by atoms with Crippen LogP contribution in [-0.4, -0.2) is 28.8 Å². The average Bonchev–Trinajstić information content (AvgIpc) is 2.58. The maximum Gasteiger partial charge on any atom is 0.315 e. The van der Waals surface area contributed by atoms with E-state index in [4.69, 9.17) is 16.3 Å². The predicted molar refractivity (Wildman–Crippen MR) is 92.4 cm³/mol. The van der Waals surface area contributed by atoms with Gasteiger partial charge in [0.1, 0.15) is 0 Å². The highest BCUT2D eigenvalue weighted by molar-refractivity contribution is 6.30. The first-order chi connectivity index (χ1) is 11.9. The third-order valence-electron chi connectivity index (χ3n) is 3.06. The number of nitrogens with zero attached hydrogens (tertiary/aromatic N) is 2. The van der Waals surface area contributed by atoms with Crippen molar-refractivity contribution in [1.82, 2.24) is 5.43 Å². The summed E-state index contributed by atoms with van der Waals surface area (Å²) in [7, 11) is 0. The number of hydrogen-bond donors (Lipinski definition) is 2. The molecule has 130 valence electrons. The Bertz CT molecular complexity index is 821. The lowest BCUT2D eigenvalue weighted by atomic mass is 10.2. The molecule has 0 aliphatic rings. The molecule has 2 rings (SSSR count). The van der Waals surface area contributed by atoms with Gasteiger partial charge in [0.2, 0.25) is 5.75 Å². The minimum atomic E-state index is -0.735. The third kappa shape index (κ3) is 4.67. The molecule has 0 radical (unpaired) electrons. The predicted octanol–water partition coefficient (Wildman–Crippen LogP) is 3.12. The van der Waals surface area contributed by atoms with E-state index in [9.17, 15) is 20.0 Å². The number of halogens is 1. The van der Waals surface area contributed by atoms with Gasteiger partial charge in [-0.3, -0.25) is 14.9 Å². The minimum Gasteiger partial charge on any atom is -0.500 e. The summed E-state index contributed by atoms with van der Waals surface area (Å²) in [6, 6.07) is 8.70. The van der Waals surface area contributed by atoms with Gasteiger partial charge in [0.15, 0.2) is 5.75 Å². The number of nitro benzene ring substituents is 1. The van der Waals surface area contributed by atoms with Crippen LogP contribution in [0.15, 0.2) is 41.5 Å². The zero-order chi connectivity index (χ0) is 18.4. The molecule has 0 saturated carbocycles. The summed E-state index contributed by atoms with van der Waals surface area (Å²) in [5, 5.41) is 25.1. The average molecular weight is 364 g/mol. The van der Waals surface area contributed by atoms with Gasteiger partial charge < -0.3 is 9.84 Å². The van der Waals surface area contributed by atoms with Crippen molar-refractivity contribution >= 4 is 29.4 Å². The van der Waals surface area contributed by atoms with E-state index in [1.807, 2.05) is 0 Å². The molecule has 0 aromatic heterocycles. The van der Waals surface area contributed by atoms with E-state index in [2.05, 4.69) is 10.5 Å². The fraction of sp³-hybridized carbons (Fsp3) is 0.125. The van der Waals surface area contributed by atoms with Crippen LogP contribution >= 0.6 is 11.6 Å². The van der Waals surface area contributed by atoms with E-state index in [0.29, 0.717) is 10.6 Å². The SMILES string of the molecule is CCOc1cc(/C=N\NC(=O)c2ccc(Cl)cc2)cc([N+](=O)[O-])c1O. The summed E-state index contributed by atoms with van der Waals surface area (Å²) in [4.78, 5) is 22.2. The van der Waals surface area contributed by atoms with Gasteiger partial charge in [0.05, 0.1) is 17.7 Å². The van der Waals surface area contributed by atoms with Gasteiger partial charge >= 0.3 is 5.69 Å². The Morgan fingerprint density at radius 1 is 1.40 bits per heavy atom. The summed E-state index contributed by atoms with van der Waals surface area (Å²) < 4.78 is 5.16. The molecule has 0 atom stereocenters. The molecule has 0 spiro atoms. The van der Waals surface area contributed by atoms with Crippen molar-refractivity contribution in [2.24, 2.45) is 5.10 Å². The topological polar surface area (TPSA) is 114 Å². The summed E-state index contributed by atoms with van der Waals surface area (Å²) in [5.74, 6) is -1.07. The van der Waals surface area contributed by atoms with Crippen LogP contribution in [0.5, 0.6) is 11.5 Å². The van der Waals surface area contributed by atoms with Crippen LogP contribution in [-0.2, 0) is 0 Å². The second-order valence-electron chi connectivity index (χ2n) is 4.78. The molecule has 0 bridgehead atoms. The third-order valence-corrected chi connectivity index (χ3v) is 3.31. The van der Waals surface area contributed by atoms with Gasteiger partial charge in [-0.15, -0.1) is 0 Å². The Labute approximate surface area is 147 Å². The van der Waals surface area contributed by atoms with Crippen molar-refractivity contribution < 1.29 is 19.6 Å². The van der Waals surface area contributed by atoms with E-state index < -0.39 is 22.3 Å². The Kier molecular flexibility index (Phi) is 5.91. The number of carbonyl (C=O) groups excluding carboxylic acids is 1. The molecule has 0 aliphatic heterocycles. The molecule has 0 saturated heterocycles. The Balaban J connectivity index is 2.18. The van der Waals surface area contributed by atoms with E-state index in [0.717, 1.165) is 6.07 Å². The highest BCUT2D eigenvalue weighted by atomic mass is 35.5. The number of benzene rings is 2. The molecule has 2 aromatic rings. The zero-order valence-electron chi connectivity index (χ0n) is 13.1. The van der Waals surface area contributed by atoms with Crippen molar-refractivity contribution in [1.29, 1.82) is 0 Å². The summed E-state index contributed by atoms with van der Waals surface area (Å²) in [6.07, 6.45) is 1.21. The van der Waals surface area contributed by atoms with E-state index in [1.54, 1.807) is 19.1 Å². The highest BCUT2D eigenvalue weighted by Gasteiger charge is 2.19. The van der Waals surface area contributed by atoms with Gasteiger partial charge in [-0.2, -0.15) is 5.10 Å². The highest BCUT2D eigenvalue weighted by Crippen LogP contribution is 2.36. The number of amides is 1. The second kappa shape index (κ2) is 8.11. The molecule has 8 nitrogen and oxygen atoms in total. The lowest BCUT2D eigenvalue weighted by molar-refractivity contribution is -0.386. The Morgan fingerprint density at radius 2 is 2.08 bits per heavy atom. The number of hydrogen-bond acceptors (Lipinski definition) is 6. The van der Waals surface area contributed by atoms with Crippen molar-refractivity contribution in [3.8, 4) is 11.5 Å². The van der Waals surface area contributed by atoms with Crippen LogP contribution in [0.3, 0.4) is 0 Å². The zero-order valence-corrected chi connectivity index (χ0v) is 13.9. The number of carbonyl (C=O) groups is 1. The number of nitro groups is 1. The number of phenols is 1. The molecular weight excluding hydrogens is 350 g/mol. The van der Waals surface area contributed by atoms with Crippen molar-refractivity contribution in [3.63, 3.8) is 0 Å². The number of phenolic OH excluding ortho intramolecular Hbond substituents is 1. The fourth-order valence-corrected chi connectivity index (χ4v) is 2.05. The van der Waals surface area contributed by atoms with E-state index >= 15 is 0 Å². The number of hydrazone groups is 1. The first-order valence-corrected chi connectivity index (χ1v) is 7.53.